The first-order chi connectivity index (χ1) is 9.48. The second kappa shape index (κ2) is 6.41. The van der Waals surface area contributed by atoms with E-state index >= 15 is 0 Å². The van der Waals surface area contributed by atoms with E-state index in [1.165, 1.54) is 6.92 Å². The Labute approximate surface area is 118 Å². The SMILES string of the molecule is CCN(C(=O)C(C(F)(F)F)C(F)(F)F)C1CCC(N)CC1. The Morgan fingerprint density at radius 2 is 1.52 bits per heavy atom. The maximum atomic E-state index is 12.6. The number of rotatable bonds is 3. The lowest BCUT2D eigenvalue weighted by molar-refractivity contribution is -0.278. The molecule has 2 N–H and O–H groups in total. The Morgan fingerprint density at radius 3 is 1.86 bits per heavy atom. The van der Waals surface area contributed by atoms with Crippen LogP contribution in [-0.4, -0.2) is 41.8 Å². The van der Waals surface area contributed by atoms with Crippen LogP contribution < -0.4 is 5.73 Å². The second-order valence-corrected chi connectivity index (χ2v) is 5.21. The minimum absolute atomic E-state index is 0.115. The number of carbonyl (C=O) groups is 1. The predicted molar refractivity (Wildman–Crippen MR) is 63.2 cm³/mol. The van der Waals surface area contributed by atoms with Crippen LogP contribution in [0.15, 0.2) is 0 Å². The van der Waals surface area contributed by atoms with Gasteiger partial charge in [0.1, 0.15) is 0 Å². The molecule has 0 unspecified atom stereocenters. The highest BCUT2D eigenvalue weighted by Crippen LogP contribution is 2.41. The summed E-state index contributed by atoms with van der Waals surface area (Å²) in [5.41, 5.74) is 5.65. The van der Waals surface area contributed by atoms with Gasteiger partial charge in [-0.1, -0.05) is 0 Å². The summed E-state index contributed by atoms with van der Waals surface area (Å²) in [6, 6.07) is -0.731. The molecule has 0 atom stereocenters. The van der Waals surface area contributed by atoms with Gasteiger partial charge in [0.2, 0.25) is 11.8 Å². The zero-order valence-corrected chi connectivity index (χ0v) is 11.5. The van der Waals surface area contributed by atoms with Crippen LogP contribution in [0.5, 0.6) is 0 Å². The monoisotopic (exact) mass is 320 g/mol. The van der Waals surface area contributed by atoms with E-state index in [1.54, 1.807) is 0 Å². The standard InChI is InChI=1S/C12H18F6N2O/c1-2-20(8-5-3-7(19)4-6-8)10(21)9(11(13,14)15)12(16,17)18/h7-9H,2-6,19H2,1H3. The number of nitrogens with two attached hydrogens (primary N) is 1. The molecule has 0 aromatic rings. The summed E-state index contributed by atoms with van der Waals surface area (Å²) in [6.45, 7) is 1.18. The summed E-state index contributed by atoms with van der Waals surface area (Å²) in [5.74, 6) is -5.88. The van der Waals surface area contributed by atoms with Gasteiger partial charge in [0.15, 0.2) is 0 Å². The Bertz CT molecular complexity index is 346. The van der Waals surface area contributed by atoms with Crippen molar-refractivity contribution in [2.24, 2.45) is 11.7 Å². The van der Waals surface area contributed by atoms with E-state index in [9.17, 15) is 31.1 Å². The molecule has 1 aliphatic carbocycles. The van der Waals surface area contributed by atoms with Crippen LogP contribution in [0.2, 0.25) is 0 Å². The van der Waals surface area contributed by atoms with E-state index in [1.807, 2.05) is 0 Å². The van der Waals surface area contributed by atoms with Crippen molar-refractivity contribution >= 4 is 5.91 Å². The summed E-state index contributed by atoms with van der Waals surface area (Å²) in [4.78, 5) is 12.5. The molecule has 1 saturated carbocycles. The molecule has 9 heteroatoms. The third-order valence-corrected chi connectivity index (χ3v) is 3.71. The number of alkyl halides is 6. The van der Waals surface area contributed by atoms with Crippen molar-refractivity contribution in [2.75, 3.05) is 6.54 Å². The van der Waals surface area contributed by atoms with E-state index in [4.69, 9.17) is 5.73 Å². The summed E-state index contributed by atoms with van der Waals surface area (Å²) < 4.78 is 75.6. The van der Waals surface area contributed by atoms with Crippen molar-refractivity contribution in [2.45, 2.75) is 57.0 Å². The van der Waals surface area contributed by atoms with E-state index in [0.29, 0.717) is 30.6 Å². The fourth-order valence-electron chi connectivity index (χ4n) is 2.64. The van der Waals surface area contributed by atoms with E-state index in [2.05, 4.69) is 0 Å². The van der Waals surface area contributed by atoms with E-state index in [0.717, 1.165) is 0 Å². The Hall–Kier alpha value is -0.990. The van der Waals surface area contributed by atoms with Crippen LogP contribution in [0, 0.1) is 5.92 Å². The quantitative estimate of drug-likeness (QED) is 0.813. The van der Waals surface area contributed by atoms with Gasteiger partial charge in [-0.3, -0.25) is 4.79 Å². The molecule has 124 valence electrons. The second-order valence-electron chi connectivity index (χ2n) is 5.21. The number of amides is 1. The van der Waals surface area contributed by atoms with Crippen molar-refractivity contribution in [1.82, 2.24) is 4.90 Å². The minimum atomic E-state index is -5.65. The van der Waals surface area contributed by atoms with Gasteiger partial charge in [-0.05, 0) is 32.6 Å². The molecule has 1 fully saturated rings. The summed E-state index contributed by atoms with van der Waals surface area (Å²) >= 11 is 0. The van der Waals surface area contributed by atoms with E-state index in [-0.39, 0.29) is 12.6 Å². The maximum absolute atomic E-state index is 12.6. The number of hydrogen-bond acceptors (Lipinski definition) is 2. The number of halogens is 6. The van der Waals surface area contributed by atoms with Crippen LogP contribution in [0.3, 0.4) is 0 Å². The molecule has 0 bridgehead atoms. The van der Waals surface area contributed by atoms with Gasteiger partial charge in [0, 0.05) is 18.6 Å². The first kappa shape index (κ1) is 18.1. The molecule has 0 aromatic heterocycles. The van der Waals surface area contributed by atoms with Crippen molar-refractivity contribution in [1.29, 1.82) is 0 Å². The highest BCUT2D eigenvalue weighted by atomic mass is 19.4. The van der Waals surface area contributed by atoms with Crippen LogP contribution in [-0.2, 0) is 4.79 Å². The molecule has 0 heterocycles. The highest BCUT2D eigenvalue weighted by Gasteiger charge is 2.62. The Morgan fingerprint density at radius 1 is 1.10 bits per heavy atom. The molecule has 1 aliphatic rings. The third kappa shape index (κ3) is 4.49. The molecule has 21 heavy (non-hydrogen) atoms. The molecule has 3 nitrogen and oxygen atoms in total. The van der Waals surface area contributed by atoms with Gasteiger partial charge in [-0.2, -0.15) is 26.3 Å². The molecule has 0 saturated heterocycles. The average molecular weight is 320 g/mol. The van der Waals surface area contributed by atoms with Crippen molar-refractivity contribution in [3.05, 3.63) is 0 Å². The van der Waals surface area contributed by atoms with Gasteiger partial charge in [-0.25, -0.2) is 0 Å². The van der Waals surface area contributed by atoms with Gasteiger partial charge in [0.05, 0.1) is 0 Å². The highest BCUT2D eigenvalue weighted by molar-refractivity contribution is 5.80. The zero-order chi connectivity index (χ0) is 16.4. The third-order valence-electron chi connectivity index (χ3n) is 3.71. The van der Waals surface area contributed by atoms with Crippen LogP contribution in [0.25, 0.3) is 0 Å². The predicted octanol–water partition coefficient (Wildman–Crippen LogP) is 2.85. The fourth-order valence-corrected chi connectivity index (χ4v) is 2.64. The largest absolute Gasteiger partial charge is 0.409 e. The normalized spacial score (nSPS) is 24.2. The van der Waals surface area contributed by atoms with Crippen LogP contribution >= 0.6 is 0 Å². The van der Waals surface area contributed by atoms with Gasteiger partial charge >= 0.3 is 12.4 Å². The minimum Gasteiger partial charge on any atom is -0.339 e. The maximum Gasteiger partial charge on any atom is 0.409 e. The summed E-state index contributed by atoms with van der Waals surface area (Å²) in [7, 11) is 0. The van der Waals surface area contributed by atoms with Gasteiger partial charge < -0.3 is 10.6 Å². The van der Waals surface area contributed by atoms with Crippen LogP contribution in [0.1, 0.15) is 32.6 Å². The molecule has 1 rings (SSSR count). The van der Waals surface area contributed by atoms with Crippen molar-refractivity contribution < 1.29 is 31.1 Å². The molecular formula is C12H18F6N2O. The molecule has 1 amide bonds. The number of carbonyl (C=O) groups excluding carboxylic acids is 1. The number of hydrogen-bond donors (Lipinski definition) is 1. The first-order valence-electron chi connectivity index (χ1n) is 6.68. The fraction of sp³-hybridized carbons (Fsp3) is 0.917. The lowest BCUT2D eigenvalue weighted by Gasteiger charge is -2.38. The van der Waals surface area contributed by atoms with Crippen molar-refractivity contribution in [3.8, 4) is 0 Å². The lowest BCUT2D eigenvalue weighted by Crippen LogP contribution is -2.53. The summed E-state index contributed by atoms with van der Waals surface area (Å²) in [6.07, 6.45) is -9.68. The zero-order valence-electron chi connectivity index (χ0n) is 11.5. The average Bonchev–Trinajstić information content (AvgIpc) is 2.28. The van der Waals surface area contributed by atoms with Crippen molar-refractivity contribution in [3.63, 3.8) is 0 Å². The summed E-state index contributed by atoms with van der Waals surface area (Å²) in [5, 5.41) is 0. The van der Waals surface area contributed by atoms with Crippen LogP contribution in [0.4, 0.5) is 26.3 Å². The Balaban J connectivity index is 2.95. The van der Waals surface area contributed by atoms with Gasteiger partial charge in [0.25, 0.3) is 0 Å². The molecule has 0 aromatic carbocycles. The van der Waals surface area contributed by atoms with Gasteiger partial charge in [-0.15, -0.1) is 0 Å². The lowest BCUT2D eigenvalue weighted by atomic mass is 9.90. The Kier molecular flexibility index (Phi) is 5.51. The smallest absolute Gasteiger partial charge is 0.339 e. The molecular weight excluding hydrogens is 302 g/mol. The molecule has 0 radical (unpaired) electrons. The number of nitrogens with zero attached hydrogens (tertiary/aromatic N) is 1. The van der Waals surface area contributed by atoms with E-state index < -0.39 is 30.2 Å². The first-order valence-corrected chi connectivity index (χ1v) is 6.68. The molecule has 0 aliphatic heterocycles. The molecule has 0 spiro atoms. The topological polar surface area (TPSA) is 46.3 Å².